The summed E-state index contributed by atoms with van der Waals surface area (Å²) >= 11 is 0. The van der Waals surface area contributed by atoms with Crippen molar-refractivity contribution in [2.75, 3.05) is 0 Å². The van der Waals surface area contributed by atoms with E-state index >= 15 is 0 Å². The second-order valence-electron chi connectivity index (χ2n) is 7.14. The predicted octanol–water partition coefficient (Wildman–Crippen LogP) is 3.08. The van der Waals surface area contributed by atoms with Crippen molar-refractivity contribution >= 4 is 12.2 Å². The van der Waals surface area contributed by atoms with Crippen LogP contribution in [0.1, 0.15) is 54.4 Å². The largest absolute Gasteiger partial charge is 0.444 e. The fourth-order valence-electron chi connectivity index (χ4n) is 1.84. The Kier molecular flexibility index (Phi) is 5.25. The maximum absolute atomic E-state index is 11.7. The molecule has 1 aliphatic rings. The molecular formula is C15H26N2O4. The maximum Gasteiger partial charge on any atom is 0.411 e. The van der Waals surface area contributed by atoms with Gasteiger partial charge in [-0.05, 0) is 48.0 Å². The molecule has 0 radical (unpaired) electrons. The summed E-state index contributed by atoms with van der Waals surface area (Å²) in [4.78, 5) is 23.3. The lowest BCUT2D eigenvalue weighted by atomic mass is 10.2. The van der Waals surface area contributed by atoms with Gasteiger partial charge in [-0.2, -0.15) is 0 Å². The number of amides is 2. The van der Waals surface area contributed by atoms with E-state index in [-0.39, 0.29) is 6.04 Å². The number of nitrogens with one attached hydrogen (secondary N) is 2. The molecule has 0 saturated heterocycles. The average Bonchev–Trinajstić information content (AvgIpc) is 2.58. The van der Waals surface area contributed by atoms with Crippen LogP contribution in [0.4, 0.5) is 9.59 Å². The molecule has 0 fully saturated rings. The van der Waals surface area contributed by atoms with E-state index in [1.54, 1.807) is 0 Å². The Morgan fingerprint density at radius 1 is 1.05 bits per heavy atom. The van der Waals surface area contributed by atoms with Crippen LogP contribution in [0.3, 0.4) is 0 Å². The second kappa shape index (κ2) is 6.37. The minimum absolute atomic E-state index is 0.0650. The lowest BCUT2D eigenvalue weighted by Crippen LogP contribution is -2.38. The summed E-state index contributed by atoms with van der Waals surface area (Å²) in [5.74, 6) is 0. The number of rotatable bonds is 2. The van der Waals surface area contributed by atoms with Crippen LogP contribution in [0, 0.1) is 0 Å². The van der Waals surface area contributed by atoms with Gasteiger partial charge >= 0.3 is 12.2 Å². The van der Waals surface area contributed by atoms with Gasteiger partial charge in [-0.25, -0.2) is 9.59 Å². The van der Waals surface area contributed by atoms with Gasteiger partial charge < -0.3 is 14.8 Å². The van der Waals surface area contributed by atoms with Crippen LogP contribution in [-0.2, 0) is 9.47 Å². The Labute approximate surface area is 126 Å². The number of hydrogen-bond donors (Lipinski definition) is 2. The Bertz CT molecular complexity index is 430. The van der Waals surface area contributed by atoms with Crippen molar-refractivity contribution in [2.24, 2.45) is 0 Å². The van der Waals surface area contributed by atoms with Crippen molar-refractivity contribution in [3.8, 4) is 0 Å². The van der Waals surface area contributed by atoms with E-state index in [9.17, 15) is 9.59 Å². The lowest BCUT2D eigenvalue weighted by Gasteiger charge is -2.22. The van der Waals surface area contributed by atoms with E-state index in [0.29, 0.717) is 12.8 Å². The summed E-state index contributed by atoms with van der Waals surface area (Å²) in [7, 11) is 0. The van der Waals surface area contributed by atoms with E-state index in [1.165, 1.54) is 0 Å². The molecule has 2 amide bonds. The van der Waals surface area contributed by atoms with Crippen LogP contribution >= 0.6 is 0 Å². The normalized spacial score (nSPS) is 18.8. The van der Waals surface area contributed by atoms with Gasteiger partial charge in [0.15, 0.2) is 0 Å². The van der Waals surface area contributed by atoms with E-state index in [2.05, 4.69) is 10.6 Å². The van der Waals surface area contributed by atoms with Crippen LogP contribution < -0.4 is 10.6 Å². The van der Waals surface area contributed by atoms with Crippen molar-refractivity contribution in [1.82, 2.24) is 10.6 Å². The fraction of sp³-hybridized carbons (Fsp3) is 0.733. The molecule has 1 aliphatic carbocycles. The van der Waals surface area contributed by atoms with E-state index < -0.39 is 23.4 Å². The zero-order valence-corrected chi connectivity index (χ0v) is 13.7. The van der Waals surface area contributed by atoms with Crippen molar-refractivity contribution in [2.45, 2.75) is 71.6 Å². The Balaban J connectivity index is 2.35. The molecule has 2 N–H and O–H groups in total. The first-order valence-corrected chi connectivity index (χ1v) is 7.13. The van der Waals surface area contributed by atoms with Gasteiger partial charge in [0.05, 0.1) is 0 Å². The molecule has 0 heterocycles. The van der Waals surface area contributed by atoms with Crippen molar-refractivity contribution in [3.63, 3.8) is 0 Å². The number of carbonyl (C=O) groups is 2. The average molecular weight is 298 g/mol. The number of ether oxygens (including phenoxy) is 2. The zero-order chi connectivity index (χ0) is 16.3. The van der Waals surface area contributed by atoms with Gasteiger partial charge in [0.25, 0.3) is 0 Å². The first kappa shape index (κ1) is 17.3. The molecular weight excluding hydrogens is 272 g/mol. The molecule has 6 nitrogen and oxygen atoms in total. The van der Waals surface area contributed by atoms with Crippen LogP contribution in [0.15, 0.2) is 11.8 Å². The van der Waals surface area contributed by atoms with Gasteiger partial charge in [-0.15, -0.1) is 0 Å². The summed E-state index contributed by atoms with van der Waals surface area (Å²) in [6.07, 6.45) is 2.17. The summed E-state index contributed by atoms with van der Waals surface area (Å²) < 4.78 is 10.4. The molecule has 1 atom stereocenters. The molecule has 0 aliphatic heterocycles. The van der Waals surface area contributed by atoms with Crippen LogP contribution in [0.2, 0.25) is 0 Å². The molecule has 0 bridgehead atoms. The fourth-order valence-corrected chi connectivity index (χ4v) is 1.84. The van der Waals surface area contributed by atoms with Gasteiger partial charge in [0.1, 0.15) is 11.2 Å². The number of hydrogen-bond acceptors (Lipinski definition) is 4. The standard InChI is InChI=1S/C15H26N2O4/c1-14(2,3)20-12(18)16-10-7-8-11(9-10)17-13(19)21-15(4,5)6/h7,11H,8-9H2,1-6H3,(H,16,18)(H,17,19). The molecule has 21 heavy (non-hydrogen) atoms. The van der Waals surface area contributed by atoms with Gasteiger partial charge in [0.2, 0.25) is 0 Å². The lowest BCUT2D eigenvalue weighted by molar-refractivity contribution is 0.0506. The van der Waals surface area contributed by atoms with Crippen molar-refractivity contribution in [3.05, 3.63) is 11.8 Å². The Hall–Kier alpha value is -1.72. The van der Waals surface area contributed by atoms with Gasteiger partial charge in [0, 0.05) is 18.2 Å². The second-order valence-corrected chi connectivity index (χ2v) is 7.14. The molecule has 0 aromatic heterocycles. The molecule has 1 rings (SSSR count). The van der Waals surface area contributed by atoms with Crippen LogP contribution in [-0.4, -0.2) is 29.4 Å². The predicted molar refractivity (Wildman–Crippen MR) is 79.8 cm³/mol. The minimum Gasteiger partial charge on any atom is -0.444 e. The maximum atomic E-state index is 11.7. The quantitative estimate of drug-likeness (QED) is 0.821. The monoisotopic (exact) mass is 298 g/mol. The Morgan fingerprint density at radius 3 is 2.10 bits per heavy atom. The van der Waals surface area contributed by atoms with Crippen LogP contribution in [0.5, 0.6) is 0 Å². The Morgan fingerprint density at radius 2 is 1.57 bits per heavy atom. The molecule has 0 saturated carbocycles. The summed E-state index contributed by atoms with van der Waals surface area (Å²) in [5, 5.41) is 5.48. The van der Waals surface area contributed by atoms with Crippen molar-refractivity contribution in [1.29, 1.82) is 0 Å². The SMILES string of the molecule is CC(C)(C)OC(=O)NC1=CCC(NC(=O)OC(C)(C)C)C1. The highest BCUT2D eigenvalue weighted by molar-refractivity contribution is 5.71. The molecule has 0 aromatic carbocycles. The summed E-state index contributed by atoms with van der Waals surface area (Å²) in [6, 6.07) is -0.0650. The highest BCUT2D eigenvalue weighted by Gasteiger charge is 2.24. The third-order valence-electron chi connectivity index (χ3n) is 2.50. The smallest absolute Gasteiger partial charge is 0.411 e. The third-order valence-corrected chi connectivity index (χ3v) is 2.50. The third kappa shape index (κ3) is 7.58. The minimum atomic E-state index is -0.530. The van der Waals surface area contributed by atoms with Gasteiger partial charge in [-0.3, -0.25) is 5.32 Å². The highest BCUT2D eigenvalue weighted by atomic mass is 16.6. The van der Waals surface area contributed by atoms with E-state index in [4.69, 9.17) is 9.47 Å². The molecule has 6 heteroatoms. The van der Waals surface area contributed by atoms with E-state index in [0.717, 1.165) is 5.70 Å². The van der Waals surface area contributed by atoms with E-state index in [1.807, 2.05) is 47.6 Å². The topological polar surface area (TPSA) is 76.7 Å². The molecule has 0 spiro atoms. The first-order valence-electron chi connectivity index (χ1n) is 7.13. The molecule has 0 aromatic rings. The van der Waals surface area contributed by atoms with Crippen molar-refractivity contribution < 1.29 is 19.1 Å². The van der Waals surface area contributed by atoms with Crippen LogP contribution in [0.25, 0.3) is 0 Å². The molecule has 1 unspecified atom stereocenters. The summed E-state index contributed by atoms with van der Waals surface area (Å²) in [5.41, 5.74) is -0.296. The number of carbonyl (C=O) groups excluding carboxylic acids is 2. The first-order chi connectivity index (χ1) is 9.44. The zero-order valence-electron chi connectivity index (χ0n) is 13.7. The summed E-state index contributed by atoms with van der Waals surface area (Å²) in [6.45, 7) is 10.9. The van der Waals surface area contributed by atoms with Gasteiger partial charge in [-0.1, -0.05) is 6.08 Å². The number of alkyl carbamates (subject to hydrolysis) is 2. The highest BCUT2D eigenvalue weighted by Crippen LogP contribution is 2.18. The molecule has 120 valence electrons.